The molecule has 1 N–H and O–H groups in total. The number of hydrogen-bond donors (Lipinski definition) is 1. The Bertz CT molecular complexity index is 911. The molecule has 0 bridgehead atoms. The lowest BCUT2D eigenvalue weighted by Gasteiger charge is -2.07. The molecule has 4 nitrogen and oxygen atoms in total. The molecular weight excluding hydrogens is 480 g/mol. The van der Waals surface area contributed by atoms with Crippen molar-refractivity contribution in [2.24, 2.45) is 4.99 Å². The molecular formula is C19H16Br2N2O2S. The summed E-state index contributed by atoms with van der Waals surface area (Å²) < 4.78 is 6.93. The van der Waals surface area contributed by atoms with E-state index in [4.69, 9.17) is 4.74 Å². The van der Waals surface area contributed by atoms with Crippen LogP contribution in [0.1, 0.15) is 16.7 Å². The fourth-order valence-corrected chi connectivity index (χ4v) is 5.01. The molecule has 134 valence electrons. The second-order valence-electron chi connectivity index (χ2n) is 5.85. The van der Waals surface area contributed by atoms with Crippen molar-refractivity contribution in [3.8, 4) is 5.75 Å². The second-order valence-corrected chi connectivity index (χ2v) is 8.58. The first-order valence-electron chi connectivity index (χ1n) is 7.76. The van der Waals surface area contributed by atoms with Crippen LogP contribution in [-0.4, -0.2) is 18.2 Å². The SMILES string of the molecule is COc1c(Br)cc(/C=C2\SC(=Nc3cc(C)cc(C)c3)NC2=O)cc1Br. The Morgan fingerprint density at radius 1 is 1.08 bits per heavy atom. The van der Waals surface area contributed by atoms with Gasteiger partial charge in [0, 0.05) is 0 Å². The number of rotatable bonds is 3. The standard InChI is InChI=1S/C19H16Br2N2O2S/c1-10-4-11(2)6-13(5-10)22-19-23-18(24)16(26-19)9-12-7-14(20)17(25-3)15(21)8-12/h4-9H,1-3H3,(H,22,23,24)/b16-9-. The van der Waals surface area contributed by atoms with Crippen LogP contribution in [0.15, 0.2) is 49.2 Å². The van der Waals surface area contributed by atoms with Gasteiger partial charge in [-0.1, -0.05) is 6.07 Å². The Hall–Kier alpha value is -1.57. The minimum absolute atomic E-state index is 0.152. The maximum atomic E-state index is 12.3. The van der Waals surface area contributed by atoms with E-state index in [1.807, 2.05) is 44.2 Å². The average molecular weight is 496 g/mol. The molecule has 0 spiro atoms. The van der Waals surface area contributed by atoms with Crippen LogP contribution in [0.25, 0.3) is 6.08 Å². The van der Waals surface area contributed by atoms with Crippen molar-refractivity contribution in [1.29, 1.82) is 0 Å². The summed E-state index contributed by atoms with van der Waals surface area (Å²) >= 11 is 8.28. The van der Waals surface area contributed by atoms with Crippen LogP contribution < -0.4 is 10.1 Å². The van der Waals surface area contributed by atoms with E-state index in [0.717, 1.165) is 31.3 Å². The van der Waals surface area contributed by atoms with Gasteiger partial charge < -0.3 is 10.1 Å². The van der Waals surface area contributed by atoms with Gasteiger partial charge in [0.05, 0.1) is 26.6 Å². The average Bonchev–Trinajstić information content (AvgIpc) is 2.85. The third-order valence-corrected chi connectivity index (χ3v) is 5.70. The van der Waals surface area contributed by atoms with Crippen molar-refractivity contribution >= 4 is 66.5 Å². The van der Waals surface area contributed by atoms with Crippen LogP contribution in [0.5, 0.6) is 5.75 Å². The van der Waals surface area contributed by atoms with Gasteiger partial charge in [-0.15, -0.1) is 0 Å². The van der Waals surface area contributed by atoms with Gasteiger partial charge in [0.1, 0.15) is 5.75 Å². The number of thioether (sulfide) groups is 1. The van der Waals surface area contributed by atoms with Gasteiger partial charge in [-0.2, -0.15) is 0 Å². The first kappa shape index (κ1) is 19.2. The van der Waals surface area contributed by atoms with Gasteiger partial charge in [-0.05, 0) is 105 Å². The molecule has 1 aliphatic heterocycles. The van der Waals surface area contributed by atoms with E-state index < -0.39 is 0 Å². The predicted octanol–water partition coefficient (Wildman–Crippen LogP) is 5.73. The molecule has 1 fully saturated rings. The zero-order valence-electron chi connectivity index (χ0n) is 14.4. The fraction of sp³-hybridized carbons (Fsp3) is 0.158. The van der Waals surface area contributed by atoms with Crippen LogP contribution in [0.2, 0.25) is 0 Å². The lowest BCUT2D eigenvalue weighted by atomic mass is 10.1. The van der Waals surface area contributed by atoms with Crippen LogP contribution in [0.4, 0.5) is 5.69 Å². The number of carbonyl (C=O) groups is 1. The number of aliphatic imine (C=N–C) groups is 1. The molecule has 1 heterocycles. The summed E-state index contributed by atoms with van der Waals surface area (Å²) in [4.78, 5) is 17.4. The highest BCUT2D eigenvalue weighted by molar-refractivity contribution is 9.11. The minimum Gasteiger partial charge on any atom is -0.494 e. The Morgan fingerprint density at radius 3 is 2.27 bits per heavy atom. The number of hydrogen-bond acceptors (Lipinski definition) is 4. The number of nitrogens with one attached hydrogen (secondary N) is 1. The van der Waals surface area contributed by atoms with E-state index in [0.29, 0.717) is 15.8 Å². The van der Waals surface area contributed by atoms with Crippen LogP contribution in [-0.2, 0) is 4.79 Å². The second kappa shape index (κ2) is 7.98. The summed E-state index contributed by atoms with van der Waals surface area (Å²) in [5, 5.41) is 3.40. The molecule has 2 aromatic rings. The number of carbonyl (C=O) groups excluding carboxylic acids is 1. The number of methoxy groups -OCH3 is 1. The first-order chi connectivity index (χ1) is 12.4. The minimum atomic E-state index is -0.152. The topological polar surface area (TPSA) is 50.7 Å². The van der Waals surface area contributed by atoms with E-state index in [9.17, 15) is 4.79 Å². The molecule has 1 saturated heterocycles. The maximum absolute atomic E-state index is 12.3. The molecule has 0 saturated carbocycles. The van der Waals surface area contributed by atoms with Crippen molar-refractivity contribution in [3.05, 3.63) is 60.9 Å². The third kappa shape index (κ3) is 4.39. The van der Waals surface area contributed by atoms with E-state index in [2.05, 4.69) is 48.2 Å². The Labute approximate surface area is 173 Å². The smallest absolute Gasteiger partial charge is 0.264 e. The van der Waals surface area contributed by atoms with Gasteiger partial charge in [-0.25, -0.2) is 4.99 Å². The monoisotopic (exact) mass is 494 g/mol. The van der Waals surface area contributed by atoms with Crippen molar-refractivity contribution in [2.45, 2.75) is 13.8 Å². The Balaban J connectivity index is 1.88. The Kier molecular flexibility index (Phi) is 5.89. The summed E-state index contributed by atoms with van der Waals surface area (Å²) in [5.41, 5.74) is 4.00. The van der Waals surface area contributed by atoms with Gasteiger partial charge in [0.25, 0.3) is 5.91 Å². The van der Waals surface area contributed by atoms with Gasteiger partial charge in [0.15, 0.2) is 5.17 Å². The first-order valence-corrected chi connectivity index (χ1v) is 10.2. The van der Waals surface area contributed by atoms with Gasteiger partial charge in [-0.3, -0.25) is 4.79 Å². The van der Waals surface area contributed by atoms with Crippen molar-refractivity contribution in [3.63, 3.8) is 0 Å². The zero-order valence-corrected chi connectivity index (χ0v) is 18.4. The summed E-state index contributed by atoms with van der Waals surface area (Å²) in [6.07, 6.45) is 1.83. The summed E-state index contributed by atoms with van der Waals surface area (Å²) in [5.74, 6) is 0.564. The van der Waals surface area contributed by atoms with Crippen LogP contribution in [0, 0.1) is 13.8 Å². The van der Waals surface area contributed by atoms with Gasteiger partial charge >= 0.3 is 0 Å². The highest BCUT2D eigenvalue weighted by atomic mass is 79.9. The fourth-order valence-electron chi connectivity index (χ4n) is 2.62. The number of ether oxygens (including phenoxy) is 1. The van der Waals surface area contributed by atoms with E-state index in [1.165, 1.54) is 11.8 Å². The van der Waals surface area contributed by atoms with Crippen molar-refractivity contribution in [1.82, 2.24) is 5.32 Å². The normalized spacial score (nSPS) is 17.0. The van der Waals surface area contributed by atoms with E-state index in [1.54, 1.807) is 7.11 Å². The maximum Gasteiger partial charge on any atom is 0.264 e. The quantitative estimate of drug-likeness (QED) is 0.553. The highest BCUT2D eigenvalue weighted by Gasteiger charge is 2.24. The number of benzene rings is 2. The van der Waals surface area contributed by atoms with Crippen molar-refractivity contribution < 1.29 is 9.53 Å². The van der Waals surface area contributed by atoms with Crippen LogP contribution >= 0.6 is 43.6 Å². The highest BCUT2D eigenvalue weighted by Crippen LogP contribution is 2.36. The molecule has 7 heteroatoms. The van der Waals surface area contributed by atoms with E-state index in [-0.39, 0.29) is 5.91 Å². The molecule has 0 aliphatic carbocycles. The van der Waals surface area contributed by atoms with Gasteiger partial charge in [0.2, 0.25) is 0 Å². The Morgan fingerprint density at radius 2 is 1.69 bits per heavy atom. The molecule has 0 radical (unpaired) electrons. The number of amides is 1. The lowest BCUT2D eigenvalue weighted by Crippen LogP contribution is -2.19. The summed E-state index contributed by atoms with van der Waals surface area (Å²) in [6, 6.07) is 9.89. The number of aryl methyl sites for hydroxylation is 2. The number of halogens is 2. The van der Waals surface area contributed by atoms with Crippen LogP contribution in [0.3, 0.4) is 0 Å². The predicted molar refractivity (Wildman–Crippen MR) is 115 cm³/mol. The third-order valence-electron chi connectivity index (χ3n) is 3.61. The van der Waals surface area contributed by atoms with Crippen molar-refractivity contribution in [2.75, 3.05) is 7.11 Å². The molecule has 26 heavy (non-hydrogen) atoms. The summed E-state index contributed by atoms with van der Waals surface area (Å²) in [6.45, 7) is 4.06. The summed E-state index contributed by atoms with van der Waals surface area (Å²) in [7, 11) is 1.61. The largest absolute Gasteiger partial charge is 0.494 e. The molecule has 0 atom stereocenters. The molecule has 0 aromatic heterocycles. The molecule has 3 rings (SSSR count). The zero-order chi connectivity index (χ0) is 18.8. The molecule has 2 aromatic carbocycles. The number of nitrogens with zero attached hydrogens (tertiary/aromatic N) is 1. The van der Waals surface area contributed by atoms with E-state index >= 15 is 0 Å². The number of amidine groups is 1. The molecule has 1 aliphatic rings. The molecule has 0 unspecified atom stereocenters. The molecule has 1 amide bonds. The lowest BCUT2D eigenvalue weighted by molar-refractivity contribution is -0.115.